The predicted molar refractivity (Wildman–Crippen MR) is 78.7 cm³/mol. The minimum Gasteiger partial charge on any atom is -0.271 e. The van der Waals surface area contributed by atoms with Gasteiger partial charge < -0.3 is 0 Å². The maximum atomic E-state index is 5.71. The van der Waals surface area contributed by atoms with Gasteiger partial charge in [0.15, 0.2) is 0 Å². The van der Waals surface area contributed by atoms with Crippen LogP contribution in [0.4, 0.5) is 0 Å². The number of hydrogen-bond donors (Lipinski definition) is 2. The molecule has 0 aliphatic carbocycles. The van der Waals surface area contributed by atoms with Gasteiger partial charge in [0.05, 0.1) is 6.04 Å². The number of hydrazine groups is 1. The van der Waals surface area contributed by atoms with E-state index in [0.29, 0.717) is 0 Å². The first-order valence-corrected chi connectivity index (χ1v) is 6.54. The van der Waals surface area contributed by atoms with E-state index in [1.165, 1.54) is 16.7 Å². The normalized spacial score (nSPS) is 12.4. The number of nitrogens with one attached hydrogen (secondary N) is 1. The summed E-state index contributed by atoms with van der Waals surface area (Å²) in [5.74, 6) is 5.71. The molecule has 0 bridgehead atoms. The largest absolute Gasteiger partial charge is 0.271 e. The standard InChI is InChI=1S/C16H21N3/c1-11-4-5-13(3)14(6-11)8-16(19-17)15-7-12(2)9-18-10-15/h4-7,9-10,16,19H,8,17H2,1-3H3. The maximum Gasteiger partial charge on any atom is 0.0515 e. The average Bonchev–Trinajstić information content (AvgIpc) is 2.39. The molecule has 3 nitrogen and oxygen atoms in total. The second kappa shape index (κ2) is 5.95. The first-order chi connectivity index (χ1) is 9.10. The van der Waals surface area contributed by atoms with E-state index in [9.17, 15) is 0 Å². The van der Waals surface area contributed by atoms with Crippen molar-refractivity contribution < 1.29 is 0 Å². The molecule has 1 aromatic heterocycles. The minimum atomic E-state index is 0.0906. The van der Waals surface area contributed by atoms with Crippen molar-refractivity contribution in [3.8, 4) is 0 Å². The monoisotopic (exact) mass is 255 g/mol. The summed E-state index contributed by atoms with van der Waals surface area (Å²) < 4.78 is 0. The van der Waals surface area contributed by atoms with E-state index in [-0.39, 0.29) is 6.04 Å². The molecule has 19 heavy (non-hydrogen) atoms. The molecule has 0 amide bonds. The van der Waals surface area contributed by atoms with Crippen LogP contribution in [-0.2, 0) is 6.42 Å². The van der Waals surface area contributed by atoms with Crippen molar-refractivity contribution in [1.29, 1.82) is 0 Å². The van der Waals surface area contributed by atoms with Crippen LogP contribution in [0.2, 0.25) is 0 Å². The number of benzene rings is 1. The van der Waals surface area contributed by atoms with Crippen molar-refractivity contribution in [3.05, 3.63) is 64.5 Å². The summed E-state index contributed by atoms with van der Waals surface area (Å²) in [6.07, 6.45) is 4.60. The molecule has 0 fully saturated rings. The number of aromatic nitrogens is 1. The highest BCUT2D eigenvalue weighted by atomic mass is 15.2. The van der Waals surface area contributed by atoms with Gasteiger partial charge in [-0.05, 0) is 49.4 Å². The number of nitrogens with zero attached hydrogens (tertiary/aromatic N) is 1. The van der Waals surface area contributed by atoms with Gasteiger partial charge in [-0.15, -0.1) is 0 Å². The molecule has 0 aliphatic rings. The molecule has 1 unspecified atom stereocenters. The lowest BCUT2D eigenvalue weighted by Crippen LogP contribution is -2.30. The molecule has 0 radical (unpaired) electrons. The van der Waals surface area contributed by atoms with E-state index in [1.807, 2.05) is 19.3 Å². The summed E-state index contributed by atoms with van der Waals surface area (Å²) in [4.78, 5) is 4.24. The Kier molecular flexibility index (Phi) is 4.30. The fourth-order valence-electron chi connectivity index (χ4n) is 2.28. The van der Waals surface area contributed by atoms with E-state index in [2.05, 4.69) is 48.5 Å². The second-order valence-electron chi connectivity index (χ2n) is 5.15. The van der Waals surface area contributed by atoms with Crippen LogP contribution in [0.15, 0.2) is 36.7 Å². The Balaban J connectivity index is 2.26. The summed E-state index contributed by atoms with van der Waals surface area (Å²) in [5, 5.41) is 0. The van der Waals surface area contributed by atoms with Gasteiger partial charge in [-0.1, -0.05) is 29.8 Å². The van der Waals surface area contributed by atoms with Gasteiger partial charge in [0, 0.05) is 12.4 Å². The topological polar surface area (TPSA) is 50.9 Å². The molecule has 0 saturated heterocycles. The summed E-state index contributed by atoms with van der Waals surface area (Å²) in [6.45, 7) is 6.29. The van der Waals surface area contributed by atoms with Crippen LogP contribution in [0.5, 0.6) is 0 Å². The smallest absolute Gasteiger partial charge is 0.0515 e. The van der Waals surface area contributed by atoms with Gasteiger partial charge in [0.25, 0.3) is 0 Å². The van der Waals surface area contributed by atoms with Crippen LogP contribution in [-0.4, -0.2) is 4.98 Å². The van der Waals surface area contributed by atoms with Crippen molar-refractivity contribution in [3.63, 3.8) is 0 Å². The number of aryl methyl sites for hydroxylation is 3. The van der Waals surface area contributed by atoms with E-state index in [4.69, 9.17) is 5.84 Å². The maximum absolute atomic E-state index is 5.71. The number of hydrogen-bond acceptors (Lipinski definition) is 3. The number of pyridine rings is 1. The molecule has 0 spiro atoms. The Hall–Kier alpha value is -1.71. The van der Waals surface area contributed by atoms with Gasteiger partial charge in [-0.2, -0.15) is 0 Å². The minimum absolute atomic E-state index is 0.0906. The van der Waals surface area contributed by atoms with E-state index < -0.39 is 0 Å². The lowest BCUT2D eigenvalue weighted by atomic mass is 9.95. The first kappa shape index (κ1) is 13.7. The van der Waals surface area contributed by atoms with Gasteiger partial charge in [0.2, 0.25) is 0 Å². The van der Waals surface area contributed by atoms with Gasteiger partial charge in [-0.25, -0.2) is 0 Å². The van der Waals surface area contributed by atoms with Crippen molar-refractivity contribution in [1.82, 2.24) is 10.4 Å². The molecular weight excluding hydrogens is 234 g/mol. The van der Waals surface area contributed by atoms with Crippen LogP contribution in [0.3, 0.4) is 0 Å². The molecule has 3 N–H and O–H groups in total. The third-order valence-electron chi connectivity index (χ3n) is 3.43. The van der Waals surface area contributed by atoms with Crippen molar-refractivity contribution in [2.24, 2.45) is 5.84 Å². The highest BCUT2D eigenvalue weighted by molar-refractivity contribution is 5.32. The summed E-state index contributed by atoms with van der Waals surface area (Å²) in [6, 6.07) is 8.74. The van der Waals surface area contributed by atoms with Crippen molar-refractivity contribution >= 4 is 0 Å². The highest BCUT2D eigenvalue weighted by Gasteiger charge is 2.12. The Labute approximate surface area is 114 Å². The zero-order valence-corrected chi connectivity index (χ0v) is 11.8. The fraction of sp³-hybridized carbons (Fsp3) is 0.312. The van der Waals surface area contributed by atoms with Crippen LogP contribution in [0, 0.1) is 20.8 Å². The summed E-state index contributed by atoms with van der Waals surface area (Å²) in [7, 11) is 0. The third-order valence-corrected chi connectivity index (χ3v) is 3.43. The van der Waals surface area contributed by atoms with Crippen LogP contribution in [0.25, 0.3) is 0 Å². The lowest BCUT2D eigenvalue weighted by molar-refractivity contribution is 0.548. The van der Waals surface area contributed by atoms with Crippen molar-refractivity contribution in [2.45, 2.75) is 33.2 Å². The van der Waals surface area contributed by atoms with E-state index in [1.54, 1.807) is 0 Å². The average molecular weight is 255 g/mol. The van der Waals surface area contributed by atoms with Crippen LogP contribution < -0.4 is 11.3 Å². The molecule has 100 valence electrons. The highest BCUT2D eigenvalue weighted by Crippen LogP contribution is 2.21. The van der Waals surface area contributed by atoms with Crippen molar-refractivity contribution in [2.75, 3.05) is 0 Å². The first-order valence-electron chi connectivity index (χ1n) is 6.54. The molecule has 0 saturated carbocycles. The molecule has 1 aromatic carbocycles. The molecular formula is C16H21N3. The Morgan fingerprint density at radius 2 is 1.89 bits per heavy atom. The zero-order valence-electron chi connectivity index (χ0n) is 11.8. The quantitative estimate of drug-likeness (QED) is 0.652. The Morgan fingerprint density at radius 3 is 2.58 bits per heavy atom. The van der Waals surface area contributed by atoms with Gasteiger partial charge in [0.1, 0.15) is 0 Å². The van der Waals surface area contributed by atoms with Gasteiger partial charge >= 0.3 is 0 Å². The number of nitrogens with two attached hydrogens (primary N) is 1. The second-order valence-corrected chi connectivity index (χ2v) is 5.15. The molecule has 1 heterocycles. The zero-order chi connectivity index (χ0) is 13.8. The van der Waals surface area contributed by atoms with Gasteiger partial charge in [-0.3, -0.25) is 16.3 Å². The Morgan fingerprint density at radius 1 is 1.11 bits per heavy atom. The van der Waals surface area contributed by atoms with E-state index >= 15 is 0 Å². The SMILES string of the molecule is Cc1cncc(C(Cc2cc(C)ccc2C)NN)c1. The summed E-state index contributed by atoms with van der Waals surface area (Å²) >= 11 is 0. The fourth-order valence-corrected chi connectivity index (χ4v) is 2.28. The van der Waals surface area contributed by atoms with Crippen LogP contribution in [0.1, 0.15) is 33.9 Å². The predicted octanol–water partition coefficient (Wildman–Crippen LogP) is 2.75. The number of rotatable bonds is 4. The molecule has 0 aliphatic heterocycles. The molecule has 2 rings (SSSR count). The molecule has 2 aromatic rings. The summed E-state index contributed by atoms with van der Waals surface area (Å²) in [5.41, 5.74) is 9.08. The molecule has 3 heteroatoms. The third kappa shape index (κ3) is 3.40. The van der Waals surface area contributed by atoms with E-state index in [0.717, 1.165) is 17.5 Å². The molecule has 1 atom stereocenters. The van der Waals surface area contributed by atoms with Crippen LogP contribution >= 0.6 is 0 Å². The lowest BCUT2D eigenvalue weighted by Gasteiger charge is -2.18. The Bertz CT molecular complexity index is 564.